The molecule has 25 heavy (non-hydrogen) atoms. The van der Waals surface area contributed by atoms with Crippen molar-refractivity contribution in [1.29, 1.82) is 0 Å². The zero-order valence-corrected chi connectivity index (χ0v) is 15.9. The Kier molecular flexibility index (Phi) is 5.23. The summed E-state index contributed by atoms with van der Waals surface area (Å²) in [5.74, 6) is -0.410. The average Bonchev–Trinajstić information content (AvgIpc) is 2.99. The second-order valence-electron chi connectivity index (χ2n) is 6.51. The number of hydrogen-bond donors (Lipinski definition) is 1. The quantitative estimate of drug-likeness (QED) is 0.830. The van der Waals surface area contributed by atoms with Gasteiger partial charge in [0, 0.05) is 17.4 Å². The molecule has 0 saturated carbocycles. The number of hydrogen-bond acceptors (Lipinski definition) is 2. The van der Waals surface area contributed by atoms with Crippen molar-refractivity contribution in [3.63, 3.8) is 0 Å². The summed E-state index contributed by atoms with van der Waals surface area (Å²) < 4.78 is 0.847. The lowest BCUT2D eigenvalue weighted by atomic mass is 10.1. The largest absolute Gasteiger partial charge is 0.335 e. The predicted octanol–water partition coefficient (Wildman–Crippen LogP) is 4.31. The molecule has 2 atom stereocenters. The van der Waals surface area contributed by atoms with E-state index in [2.05, 4.69) is 21.2 Å². The molecule has 1 saturated heterocycles. The van der Waals surface area contributed by atoms with Crippen molar-refractivity contribution in [3.05, 3.63) is 64.1 Å². The van der Waals surface area contributed by atoms with Crippen LogP contribution in [0, 0.1) is 12.8 Å². The minimum Gasteiger partial charge on any atom is -0.335 e. The third-order valence-corrected chi connectivity index (χ3v) is 5.32. The Morgan fingerprint density at radius 3 is 2.64 bits per heavy atom. The smallest absolute Gasteiger partial charge is 0.229 e. The van der Waals surface area contributed by atoms with Crippen LogP contribution in [0.1, 0.15) is 30.5 Å². The maximum Gasteiger partial charge on any atom is 0.229 e. The number of carbonyl (C=O) groups is 2. The lowest BCUT2D eigenvalue weighted by Crippen LogP contribution is -2.30. The molecule has 5 heteroatoms. The summed E-state index contributed by atoms with van der Waals surface area (Å²) in [7, 11) is 0. The summed E-state index contributed by atoms with van der Waals surface area (Å²) in [4.78, 5) is 26.8. The van der Waals surface area contributed by atoms with Gasteiger partial charge >= 0.3 is 0 Å². The van der Waals surface area contributed by atoms with E-state index in [1.165, 1.54) is 0 Å². The van der Waals surface area contributed by atoms with E-state index in [-0.39, 0.29) is 30.2 Å². The standard InChI is InChI=1S/C20H21BrN2O2/c1-13-8-9-18(17(21)10-13)22-20(25)16-11-19(24)23(12-16)14(2)15-6-4-3-5-7-15/h3-10,14,16H,11-12H2,1-2H3,(H,22,25)/t14-,16-/m0/s1. The molecule has 4 nitrogen and oxygen atoms in total. The van der Waals surface area contributed by atoms with Gasteiger partial charge in [0.1, 0.15) is 0 Å². The maximum absolute atomic E-state index is 12.6. The Labute approximate surface area is 156 Å². The van der Waals surface area contributed by atoms with E-state index < -0.39 is 0 Å². The first-order valence-electron chi connectivity index (χ1n) is 8.37. The van der Waals surface area contributed by atoms with Crippen LogP contribution in [-0.4, -0.2) is 23.3 Å². The van der Waals surface area contributed by atoms with Gasteiger partial charge in [-0.1, -0.05) is 36.4 Å². The number of nitrogens with one attached hydrogen (secondary N) is 1. The van der Waals surface area contributed by atoms with Gasteiger partial charge in [-0.3, -0.25) is 9.59 Å². The summed E-state index contributed by atoms with van der Waals surface area (Å²) in [6.45, 7) is 4.45. The van der Waals surface area contributed by atoms with Crippen LogP contribution in [0.15, 0.2) is 53.0 Å². The summed E-state index contributed by atoms with van der Waals surface area (Å²) in [6, 6.07) is 15.7. The van der Waals surface area contributed by atoms with Crippen molar-refractivity contribution in [1.82, 2.24) is 4.90 Å². The lowest BCUT2D eigenvalue weighted by molar-refractivity contribution is -0.129. The highest BCUT2D eigenvalue weighted by atomic mass is 79.9. The third kappa shape index (κ3) is 3.93. The van der Waals surface area contributed by atoms with Crippen LogP contribution in [-0.2, 0) is 9.59 Å². The van der Waals surface area contributed by atoms with E-state index in [9.17, 15) is 9.59 Å². The Hall–Kier alpha value is -2.14. The molecule has 1 aliphatic rings. The number of amides is 2. The Bertz CT molecular complexity index is 792. The van der Waals surface area contributed by atoms with E-state index in [0.29, 0.717) is 6.54 Å². The van der Waals surface area contributed by atoms with Crippen LogP contribution in [0.3, 0.4) is 0 Å². The number of benzene rings is 2. The molecule has 0 bridgehead atoms. The molecule has 1 N–H and O–H groups in total. The molecular weight excluding hydrogens is 380 g/mol. The second kappa shape index (κ2) is 7.40. The summed E-state index contributed by atoms with van der Waals surface area (Å²) >= 11 is 3.47. The fraction of sp³-hybridized carbons (Fsp3) is 0.300. The molecule has 130 valence electrons. The normalized spacial score (nSPS) is 18.3. The number of rotatable bonds is 4. The lowest BCUT2D eigenvalue weighted by Gasteiger charge is -2.25. The second-order valence-corrected chi connectivity index (χ2v) is 7.36. The zero-order chi connectivity index (χ0) is 18.0. The Morgan fingerprint density at radius 2 is 1.96 bits per heavy atom. The molecule has 0 aliphatic carbocycles. The summed E-state index contributed by atoms with van der Waals surface area (Å²) in [6.07, 6.45) is 0.256. The van der Waals surface area contributed by atoms with Gasteiger partial charge in [0.25, 0.3) is 0 Å². The SMILES string of the molecule is Cc1ccc(NC(=O)[C@H]2CC(=O)N([C@@H](C)c3ccccc3)C2)c(Br)c1. The van der Waals surface area contributed by atoms with E-state index in [4.69, 9.17) is 0 Å². The molecule has 1 heterocycles. The van der Waals surface area contributed by atoms with E-state index >= 15 is 0 Å². The molecule has 2 aromatic carbocycles. The van der Waals surface area contributed by atoms with E-state index in [1.807, 2.05) is 62.4 Å². The highest BCUT2D eigenvalue weighted by Crippen LogP contribution is 2.30. The molecule has 3 rings (SSSR count). The molecule has 1 aliphatic heterocycles. The van der Waals surface area contributed by atoms with Crippen molar-refractivity contribution in [3.8, 4) is 0 Å². The highest BCUT2D eigenvalue weighted by Gasteiger charge is 2.37. The van der Waals surface area contributed by atoms with Crippen molar-refractivity contribution in [2.45, 2.75) is 26.3 Å². The van der Waals surface area contributed by atoms with Crippen molar-refractivity contribution in [2.24, 2.45) is 5.92 Å². The molecule has 0 spiro atoms. The Morgan fingerprint density at radius 1 is 1.24 bits per heavy atom. The van der Waals surface area contributed by atoms with Gasteiger partial charge in [-0.15, -0.1) is 0 Å². The first-order chi connectivity index (χ1) is 12.0. The van der Waals surface area contributed by atoms with E-state index in [0.717, 1.165) is 21.3 Å². The summed E-state index contributed by atoms with van der Waals surface area (Å²) in [5, 5.41) is 2.93. The average molecular weight is 401 g/mol. The van der Waals surface area contributed by atoms with Gasteiger partial charge < -0.3 is 10.2 Å². The van der Waals surface area contributed by atoms with Gasteiger partial charge in [0.15, 0.2) is 0 Å². The van der Waals surface area contributed by atoms with Crippen LogP contribution >= 0.6 is 15.9 Å². The predicted molar refractivity (Wildman–Crippen MR) is 102 cm³/mol. The van der Waals surface area contributed by atoms with Gasteiger partial charge in [-0.2, -0.15) is 0 Å². The molecule has 2 aromatic rings. The Balaban J connectivity index is 1.68. The third-order valence-electron chi connectivity index (χ3n) is 4.66. The van der Waals surface area contributed by atoms with Crippen LogP contribution in [0.25, 0.3) is 0 Å². The van der Waals surface area contributed by atoms with Crippen LogP contribution in [0.2, 0.25) is 0 Å². The minimum atomic E-state index is -0.327. The van der Waals surface area contributed by atoms with Crippen molar-refractivity contribution < 1.29 is 9.59 Å². The minimum absolute atomic E-state index is 0.0273. The highest BCUT2D eigenvalue weighted by molar-refractivity contribution is 9.10. The van der Waals surface area contributed by atoms with Crippen LogP contribution in [0.5, 0.6) is 0 Å². The molecule has 1 fully saturated rings. The molecule has 0 aromatic heterocycles. The van der Waals surface area contributed by atoms with Crippen molar-refractivity contribution >= 4 is 33.4 Å². The number of anilines is 1. The molecular formula is C20H21BrN2O2. The van der Waals surface area contributed by atoms with Gasteiger partial charge in [0.2, 0.25) is 11.8 Å². The van der Waals surface area contributed by atoms with Crippen molar-refractivity contribution in [2.75, 3.05) is 11.9 Å². The van der Waals surface area contributed by atoms with Gasteiger partial charge in [-0.05, 0) is 53.0 Å². The number of aryl methyl sites for hydroxylation is 1. The summed E-state index contributed by atoms with van der Waals surface area (Å²) in [5.41, 5.74) is 2.93. The topological polar surface area (TPSA) is 49.4 Å². The van der Waals surface area contributed by atoms with Crippen LogP contribution in [0.4, 0.5) is 5.69 Å². The number of halogens is 1. The molecule has 0 radical (unpaired) electrons. The maximum atomic E-state index is 12.6. The number of likely N-dealkylation sites (tertiary alicyclic amines) is 1. The first-order valence-corrected chi connectivity index (χ1v) is 9.16. The molecule has 0 unspecified atom stereocenters. The monoisotopic (exact) mass is 400 g/mol. The fourth-order valence-corrected chi connectivity index (χ4v) is 3.74. The van der Waals surface area contributed by atoms with Gasteiger partial charge in [-0.25, -0.2) is 0 Å². The van der Waals surface area contributed by atoms with Gasteiger partial charge in [0.05, 0.1) is 17.6 Å². The first kappa shape index (κ1) is 17.7. The number of nitrogens with zero attached hydrogens (tertiary/aromatic N) is 1. The van der Waals surface area contributed by atoms with Crippen LogP contribution < -0.4 is 5.32 Å². The fourth-order valence-electron chi connectivity index (χ4n) is 3.15. The molecule has 2 amide bonds. The zero-order valence-electron chi connectivity index (χ0n) is 14.3. The van der Waals surface area contributed by atoms with E-state index in [1.54, 1.807) is 4.90 Å². The number of carbonyl (C=O) groups excluding carboxylic acids is 2.